The van der Waals surface area contributed by atoms with Gasteiger partial charge in [0.15, 0.2) is 0 Å². The Kier molecular flexibility index (Phi) is 11.3. The Morgan fingerprint density at radius 1 is 0.953 bits per heavy atom. The lowest BCUT2D eigenvalue weighted by Gasteiger charge is -2.30. The fourth-order valence-electron chi connectivity index (χ4n) is 4.30. The van der Waals surface area contributed by atoms with E-state index < -0.39 is 36.4 Å². The average molecular weight is 609 g/mol. The summed E-state index contributed by atoms with van der Waals surface area (Å²) in [5.41, 5.74) is 2.61. The first-order valence-electron chi connectivity index (χ1n) is 13.9. The van der Waals surface area contributed by atoms with Gasteiger partial charge in [-0.2, -0.15) is 0 Å². The zero-order valence-electron chi connectivity index (χ0n) is 26.6. The molecule has 0 fully saturated rings. The van der Waals surface area contributed by atoms with Gasteiger partial charge in [0.1, 0.15) is 17.0 Å². The zero-order valence-corrected chi connectivity index (χ0v) is 26.6. The van der Waals surface area contributed by atoms with Gasteiger partial charge < -0.3 is 24.2 Å². The van der Waals surface area contributed by atoms with Gasteiger partial charge in [0.2, 0.25) is 0 Å². The highest BCUT2D eigenvalue weighted by molar-refractivity contribution is 5.88. The fourth-order valence-corrected chi connectivity index (χ4v) is 4.30. The van der Waals surface area contributed by atoms with Crippen molar-refractivity contribution in [2.24, 2.45) is 0 Å². The molecule has 11 heteroatoms. The van der Waals surface area contributed by atoms with Crippen LogP contribution in [0.1, 0.15) is 78.5 Å². The first-order valence-corrected chi connectivity index (χ1v) is 13.9. The van der Waals surface area contributed by atoms with Gasteiger partial charge >= 0.3 is 18.5 Å². The highest BCUT2D eigenvalue weighted by Gasteiger charge is 2.33. The SMILES string of the molecule is CC/C(C)=C/N(C)c1c(C)c(-c2ccc(OC(F)(F)F)cc2)cc(CN(C(=O)OC(C)(C)C)C(=O)OC(C)(C)C)c1CO. The number of imide groups is 1. The molecule has 0 aliphatic heterocycles. The molecule has 0 spiro atoms. The second-order valence-corrected chi connectivity index (χ2v) is 12.3. The van der Waals surface area contributed by atoms with Crippen molar-refractivity contribution in [3.63, 3.8) is 0 Å². The van der Waals surface area contributed by atoms with Crippen molar-refractivity contribution in [1.29, 1.82) is 0 Å². The van der Waals surface area contributed by atoms with E-state index in [2.05, 4.69) is 4.74 Å². The number of aliphatic hydroxyl groups is 1. The van der Waals surface area contributed by atoms with Crippen LogP contribution in [0.4, 0.5) is 28.4 Å². The number of alkyl halides is 3. The zero-order chi connectivity index (χ0) is 32.9. The third-order valence-electron chi connectivity index (χ3n) is 6.19. The lowest BCUT2D eigenvalue weighted by Crippen LogP contribution is -2.43. The minimum absolute atomic E-state index is 0.306. The molecule has 0 atom stereocenters. The van der Waals surface area contributed by atoms with E-state index in [-0.39, 0.29) is 12.3 Å². The second kappa shape index (κ2) is 13.7. The molecule has 0 heterocycles. The van der Waals surface area contributed by atoms with E-state index in [9.17, 15) is 27.9 Å². The van der Waals surface area contributed by atoms with Gasteiger partial charge in [0.25, 0.3) is 0 Å². The third kappa shape index (κ3) is 10.5. The van der Waals surface area contributed by atoms with Crippen molar-refractivity contribution in [3.8, 4) is 16.9 Å². The monoisotopic (exact) mass is 608 g/mol. The maximum atomic E-state index is 13.3. The molecule has 0 aliphatic carbocycles. The van der Waals surface area contributed by atoms with Gasteiger partial charge in [-0.05, 0) is 102 Å². The largest absolute Gasteiger partial charge is 0.573 e. The summed E-state index contributed by atoms with van der Waals surface area (Å²) in [4.78, 5) is 29.2. The summed E-state index contributed by atoms with van der Waals surface area (Å²) in [5.74, 6) is -0.374. The first-order chi connectivity index (χ1) is 19.7. The van der Waals surface area contributed by atoms with Crippen LogP contribution >= 0.6 is 0 Å². The molecule has 0 aliphatic rings. The van der Waals surface area contributed by atoms with Gasteiger partial charge in [-0.1, -0.05) is 24.6 Å². The molecule has 2 aromatic carbocycles. The van der Waals surface area contributed by atoms with E-state index in [4.69, 9.17) is 9.47 Å². The minimum atomic E-state index is -4.83. The summed E-state index contributed by atoms with van der Waals surface area (Å²) in [6.45, 7) is 15.1. The van der Waals surface area contributed by atoms with Crippen LogP contribution in [0.2, 0.25) is 0 Å². The maximum absolute atomic E-state index is 13.3. The number of carbonyl (C=O) groups excluding carboxylic acids is 2. The molecule has 0 saturated carbocycles. The van der Waals surface area contributed by atoms with Crippen molar-refractivity contribution in [1.82, 2.24) is 4.90 Å². The molecule has 2 aromatic rings. The maximum Gasteiger partial charge on any atom is 0.573 e. The quantitative estimate of drug-likeness (QED) is 0.322. The summed E-state index contributed by atoms with van der Waals surface area (Å²) < 4.78 is 53.3. The van der Waals surface area contributed by atoms with Crippen molar-refractivity contribution in [3.05, 3.63) is 58.8 Å². The van der Waals surface area contributed by atoms with E-state index in [0.29, 0.717) is 27.9 Å². The van der Waals surface area contributed by atoms with E-state index >= 15 is 0 Å². The number of benzene rings is 2. The van der Waals surface area contributed by atoms with Gasteiger partial charge in [-0.3, -0.25) is 0 Å². The minimum Gasteiger partial charge on any atom is -0.443 e. The number of amides is 2. The number of aliphatic hydroxyl groups excluding tert-OH is 1. The summed E-state index contributed by atoms with van der Waals surface area (Å²) in [6.07, 6.45) is -4.01. The van der Waals surface area contributed by atoms with Crippen LogP contribution in [-0.4, -0.2) is 46.8 Å². The Bertz CT molecular complexity index is 1300. The van der Waals surface area contributed by atoms with Crippen LogP contribution in [0.15, 0.2) is 42.1 Å². The number of nitrogens with zero attached hydrogens (tertiary/aromatic N) is 2. The van der Waals surface area contributed by atoms with Crippen LogP contribution in [0.3, 0.4) is 0 Å². The highest BCUT2D eigenvalue weighted by atomic mass is 19.4. The summed E-state index contributed by atoms with van der Waals surface area (Å²) >= 11 is 0. The molecular formula is C32H43F3N2O6. The number of allylic oxidation sites excluding steroid dienone is 1. The van der Waals surface area contributed by atoms with Crippen LogP contribution in [0.5, 0.6) is 5.75 Å². The highest BCUT2D eigenvalue weighted by Crippen LogP contribution is 2.38. The van der Waals surface area contributed by atoms with Gasteiger partial charge in [0, 0.05) is 24.5 Å². The number of hydrogen-bond donors (Lipinski definition) is 1. The van der Waals surface area contributed by atoms with Gasteiger partial charge in [-0.15, -0.1) is 13.2 Å². The Balaban J connectivity index is 2.81. The van der Waals surface area contributed by atoms with E-state index in [1.165, 1.54) is 24.3 Å². The molecule has 1 N–H and O–H groups in total. The Hall–Kier alpha value is -3.73. The lowest BCUT2D eigenvalue weighted by atomic mass is 9.91. The standard InChI is InChI=1S/C32H43F3N2O6/c1-11-20(2)17-36(10)27-21(3)25(22-12-14-24(15-13-22)41-32(33,34)35)16-23(26(27)19-38)18-37(28(39)42-30(4,5)6)29(40)43-31(7,8)9/h12-17,38H,11,18-19H2,1-10H3/b20-17+. The van der Waals surface area contributed by atoms with Crippen molar-refractivity contribution in [2.45, 2.75) is 99.5 Å². The Labute approximate surface area is 252 Å². The van der Waals surface area contributed by atoms with Crippen molar-refractivity contribution < 1.29 is 42.1 Å². The van der Waals surface area contributed by atoms with E-state index in [1.807, 2.05) is 38.9 Å². The molecule has 0 radical (unpaired) electrons. The molecule has 2 amide bonds. The number of ether oxygens (including phenoxy) is 3. The molecule has 0 unspecified atom stereocenters. The second-order valence-electron chi connectivity index (χ2n) is 12.3. The molecule has 238 valence electrons. The Morgan fingerprint density at radius 3 is 1.88 bits per heavy atom. The predicted octanol–water partition coefficient (Wildman–Crippen LogP) is 8.48. The van der Waals surface area contributed by atoms with Crippen molar-refractivity contribution in [2.75, 3.05) is 11.9 Å². The molecule has 2 rings (SSSR count). The number of hydrogen-bond acceptors (Lipinski definition) is 7. The van der Waals surface area contributed by atoms with Gasteiger partial charge in [0.05, 0.1) is 13.2 Å². The topological polar surface area (TPSA) is 88.5 Å². The number of carbonyl (C=O) groups is 2. The summed E-state index contributed by atoms with van der Waals surface area (Å²) in [5, 5.41) is 10.6. The smallest absolute Gasteiger partial charge is 0.443 e. The summed E-state index contributed by atoms with van der Waals surface area (Å²) in [6, 6.07) is 7.10. The van der Waals surface area contributed by atoms with Gasteiger partial charge in [-0.25, -0.2) is 14.5 Å². The third-order valence-corrected chi connectivity index (χ3v) is 6.19. The summed E-state index contributed by atoms with van der Waals surface area (Å²) in [7, 11) is 1.81. The van der Waals surface area contributed by atoms with Crippen LogP contribution in [-0.2, 0) is 22.6 Å². The lowest BCUT2D eigenvalue weighted by molar-refractivity contribution is -0.274. The predicted molar refractivity (Wildman–Crippen MR) is 160 cm³/mol. The molecule has 0 aromatic heterocycles. The average Bonchev–Trinajstić information content (AvgIpc) is 2.84. The van der Waals surface area contributed by atoms with E-state index in [0.717, 1.165) is 22.5 Å². The molecular weight excluding hydrogens is 565 g/mol. The normalized spacial score (nSPS) is 12.6. The van der Waals surface area contributed by atoms with Crippen molar-refractivity contribution >= 4 is 17.9 Å². The molecule has 0 bridgehead atoms. The van der Waals surface area contributed by atoms with E-state index in [1.54, 1.807) is 47.6 Å². The molecule has 8 nitrogen and oxygen atoms in total. The number of halogens is 3. The first kappa shape index (κ1) is 35.5. The molecule has 0 saturated heterocycles. The number of rotatable bonds is 8. The number of anilines is 1. The Morgan fingerprint density at radius 2 is 1.47 bits per heavy atom. The van der Waals surface area contributed by atoms with Crippen LogP contribution in [0, 0.1) is 6.92 Å². The van der Waals surface area contributed by atoms with Crippen LogP contribution in [0.25, 0.3) is 11.1 Å². The van der Waals surface area contributed by atoms with Crippen LogP contribution < -0.4 is 9.64 Å². The fraction of sp³-hybridized carbons (Fsp3) is 0.500. The molecule has 43 heavy (non-hydrogen) atoms.